The first-order valence-corrected chi connectivity index (χ1v) is 9.57. The number of nitrogens with one attached hydrogen (secondary N) is 1. The molecule has 0 fully saturated rings. The molecule has 1 atom stereocenters. The van der Waals surface area contributed by atoms with Crippen molar-refractivity contribution in [2.45, 2.75) is 19.6 Å². The van der Waals surface area contributed by atoms with Gasteiger partial charge in [0, 0.05) is 35.6 Å². The van der Waals surface area contributed by atoms with Crippen molar-refractivity contribution in [1.82, 2.24) is 20.1 Å². The molecule has 0 spiro atoms. The molecule has 0 aliphatic rings. The fourth-order valence-corrected chi connectivity index (χ4v) is 2.97. The summed E-state index contributed by atoms with van der Waals surface area (Å²) in [7, 11) is 0. The number of aromatic nitrogens is 3. The second-order valence-electron chi connectivity index (χ2n) is 6.15. The summed E-state index contributed by atoms with van der Waals surface area (Å²) in [4.78, 5) is 28.4. The van der Waals surface area contributed by atoms with Crippen LogP contribution in [0.4, 0.5) is 0 Å². The quantitative estimate of drug-likeness (QED) is 0.619. The number of ether oxygens (including phenoxy) is 1. The van der Waals surface area contributed by atoms with E-state index in [0.29, 0.717) is 21.5 Å². The third-order valence-corrected chi connectivity index (χ3v) is 4.54. The van der Waals surface area contributed by atoms with Gasteiger partial charge in [-0.2, -0.15) is 5.10 Å². The topological polar surface area (TPSA) is 86.1 Å². The molecule has 1 amide bonds. The Morgan fingerprint density at radius 2 is 2.07 bits per heavy atom. The first-order valence-electron chi connectivity index (χ1n) is 8.82. The highest BCUT2D eigenvalue weighted by atomic mass is 35.5. The largest absolute Gasteiger partial charge is 0.479 e. The van der Waals surface area contributed by atoms with Crippen LogP contribution in [0.2, 0.25) is 10.0 Å². The summed E-state index contributed by atoms with van der Waals surface area (Å²) in [6.45, 7) is 2.03. The zero-order valence-electron chi connectivity index (χ0n) is 15.5. The number of nitrogens with zero attached hydrogens (tertiary/aromatic N) is 3. The number of hydrogen-bond acceptors (Lipinski definition) is 5. The molecule has 2 aromatic heterocycles. The van der Waals surface area contributed by atoms with Crippen molar-refractivity contribution in [1.29, 1.82) is 0 Å². The lowest BCUT2D eigenvalue weighted by Crippen LogP contribution is -2.39. The van der Waals surface area contributed by atoms with Gasteiger partial charge in [-0.25, -0.2) is 4.68 Å². The second kappa shape index (κ2) is 9.54. The van der Waals surface area contributed by atoms with Crippen molar-refractivity contribution in [2.24, 2.45) is 0 Å². The zero-order chi connectivity index (χ0) is 20.8. The molecule has 1 aromatic carbocycles. The van der Waals surface area contributed by atoms with Gasteiger partial charge in [-0.05, 0) is 43.3 Å². The lowest BCUT2D eigenvalue weighted by Gasteiger charge is -2.16. The van der Waals surface area contributed by atoms with Crippen LogP contribution in [0.3, 0.4) is 0 Å². The Morgan fingerprint density at radius 1 is 1.24 bits per heavy atom. The van der Waals surface area contributed by atoms with E-state index in [1.54, 1.807) is 43.6 Å². The number of carbonyl (C=O) groups excluding carboxylic acids is 1. The van der Waals surface area contributed by atoms with Crippen molar-refractivity contribution in [2.75, 3.05) is 6.54 Å². The van der Waals surface area contributed by atoms with Gasteiger partial charge in [0.2, 0.25) is 0 Å². The number of benzene rings is 1. The van der Waals surface area contributed by atoms with E-state index < -0.39 is 6.10 Å². The molecule has 0 bridgehead atoms. The van der Waals surface area contributed by atoms with Crippen LogP contribution >= 0.6 is 23.2 Å². The molecule has 0 saturated heterocycles. The third-order valence-electron chi connectivity index (χ3n) is 4.01. The van der Waals surface area contributed by atoms with E-state index in [4.69, 9.17) is 27.9 Å². The van der Waals surface area contributed by atoms with Crippen molar-refractivity contribution >= 4 is 29.1 Å². The van der Waals surface area contributed by atoms with Gasteiger partial charge in [0.05, 0.1) is 17.3 Å². The van der Waals surface area contributed by atoms with E-state index in [2.05, 4.69) is 15.4 Å². The summed E-state index contributed by atoms with van der Waals surface area (Å²) in [5, 5.41) is 7.84. The molecule has 7 nitrogen and oxygen atoms in total. The van der Waals surface area contributed by atoms with E-state index in [-0.39, 0.29) is 24.6 Å². The van der Waals surface area contributed by atoms with Gasteiger partial charge >= 0.3 is 0 Å². The molecule has 0 aliphatic heterocycles. The Hall–Kier alpha value is -2.90. The second-order valence-corrected chi connectivity index (χ2v) is 6.99. The Morgan fingerprint density at radius 3 is 2.79 bits per heavy atom. The van der Waals surface area contributed by atoms with Gasteiger partial charge in [0.25, 0.3) is 11.5 Å². The van der Waals surface area contributed by atoms with Crippen LogP contribution in [0, 0.1) is 0 Å². The molecule has 0 unspecified atom stereocenters. The Balaban J connectivity index is 1.58. The smallest absolute Gasteiger partial charge is 0.266 e. The number of amides is 1. The van der Waals surface area contributed by atoms with Crippen molar-refractivity contribution in [3.63, 3.8) is 0 Å². The van der Waals surface area contributed by atoms with Gasteiger partial charge in [0.15, 0.2) is 6.10 Å². The molecule has 2 heterocycles. The Labute approximate surface area is 177 Å². The summed E-state index contributed by atoms with van der Waals surface area (Å²) in [6.07, 6.45) is 2.55. The van der Waals surface area contributed by atoms with Crippen LogP contribution in [-0.4, -0.2) is 33.3 Å². The van der Waals surface area contributed by atoms with Gasteiger partial charge in [-0.1, -0.05) is 23.2 Å². The van der Waals surface area contributed by atoms with E-state index in [0.717, 1.165) is 5.56 Å². The molecular weight excluding hydrogens is 415 g/mol. The highest BCUT2D eigenvalue weighted by Gasteiger charge is 2.16. The van der Waals surface area contributed by atoms with Crippen LogP contribution in [0.5, 0.6) is 5.75 Å². The monoisotopic (exact) mass is 432 g/mol. The van der Waals surface area contributed by atoms with Gasteiger partial charge in [0.1, 0.15) is 5.75 Å². The Bertz CT molecular complexity index is 1060. The molecule has 29 heavy (non-hydrogen) atoms. The number of hydrogen-bond donors (Lipinski definition) is 1. The number of halogens is 2. The molecule has 0 radical (unpaired) electrons. The van der Waals surface area contributed by atoms with Crippen molar-refractivity contribution in [3.05, 3.63) is 75.3 Å². The van der Waals surface area contributed by atoms with Gasteiger partial charge in [-0.15, -0.1) is 0 Å². The normalized spacial score (nSPS) is 11.7. The number of pyridine rings is 1. The molecular formula is C20H18Cl2N4O3. The fraction of sp³-hybridized carbons (Fsp3) is 0.200. The highest BCUT2D eigenvalue weighted by molar-refractivity contribution is 6.35. The van der Waals surface area contributed by atoms with Crippen LogP contribution in [-0.2, 0) is 11.3 Å². The van der Waals surface area contributed by atoms with E-state index in [1.165, 1.54) is 16.8 Å². The summed E-state index contributed by atoms with van der Waals surface area (Å²) in [6, 6.07) is 11.5. The third kappa shape index (κ3) is 5.56. The molecule has 3 aromatic rings. The molecule has 150 valence electrons. The van der Waals surface area contributed by atoms with Gasteiger partial charge < -0.3 is 10.1 Å². The maximum absolute atomic E-state index is 12.3. The minimum atomic E-state index is -0.778. The standard InChI is InChI=1S/C20H18Cl2N4O3/c1-13(29-18-6-4-15(21)11-16(18)22)20(28)24-9-10-26-19(27)7-5-17(25-26)14-3-2-8-23-12-14/h2-8,11-13H,9-10H2,1H3,(H,24,28)/t13-/m1/s1. The van der Waals surface area contributed by atoms with Crippen molar-refractivity contribution < 1.29 is 9.53 Å². The van der Waals surface area contributed by atoms with Crippen molar-refractivity contribution in [3.8, 4) is 17.0 Å². The fourth-order valence-electron chi connectivity index (χ4n) is 2.52. The molecule has 0 saturated carbocycles. The maximum atomic E-state index is 12.3. The summed E-state index contributed by atoms with van der Waals surface area (Å²) in [5.41, 5.74) is 1.16. The lowest BCUT2D eigenvalue weighted by atomic mass is 10.2. The lowest BCUT2D eigenvalue weighted by molar-refractivity contribution is -0.127. The molecule has 1 N–H and O–H groups in total. The Kier molecular flexibility index (Phi) is 6.85. The molecule has 0 aliphatic carbocycles. The first-order chi connectivity index (χ1) is 13.9. The first kappa shape index (κ1) is 20.8. The minimum absolute atomic E-state index is 0.213. The van der Waals surface area contributed by atoms with Crippen LogP contribution < -0.4 is 15.6 Å². The number of rotatable bonds is 7. The SMILES string of the molecule is C[C@@H](Oc1ccc(Cl)cc1Cl)C(=O)NCCn1nc(-c2cccnc2)ccc1=O. The summed E-state index contributed by atoms with van der Waals surface area (Å²) >= 11 is 11.9. The highest BCUT2D eigenvalue weighted by Crippen LogP contribution is 2.28. The average molecular weight is 433 g/mol. The summed E-state index contributed by atoms with van der Waals surface area (Å²) < 4.78 is 6.87. The maximum Gasteiger partial charge on any atom is 0.266 e. The molecule has 9 heteroatoms. The zero-order valence-corrected chi connectivity index (χ0v) is 17.0. The average Bonchev–Trinajstić information content (AvgIpc) is 2.72. The number of carbonyl (C=O) groups is 1. The summed E-state index contributed by atoms with van der Waals surface area (Å²) in [5.74, 6) is 0.0215. The minimum Gasteiger partial charge on any atom is -0.479 e. The van der Waals surface area contributed by atoms with Crippen LogP contribution in [0.15, 0.2) is 59.7 Å². The van der Waals surface area contributed by atoms with Crippen LogP contribution in [0.1, 0.15) is 6.92 Å². The van der Waals surface area contributed by atoms with E-state index >= 15 is 0 Å². The predicted octanol–water partition coefficient (Wildman–Crippen LogP) is 3.20. The van der Waals surface area contributed by atoms with E-state index in [9.17, 15) is 9.59 Å². The van der Waals surface area contributed by atoms with E-state index in [1.807, 2.05) is 6.07 Å². The van der Waals surface area contributed by atoms with Gasteiger partial charge in [-0.3, -0.25) is 14.6 Å². The molecule has 3 rings (SSSR count). The predicted molar refractivity (Wildman–Crippen MR) is 111 cm³/mol. The van der Waals surface area contributed by atoms with Crippen LogP contribution in [0.25, 0.3) is 11.3 Å².